The number of phenols is 1. The predicted molar refractivity (Wildman–Crippen MR) is 80.7 cm³/mol. The molecule has 102 valence electrons. The molecule has 0 aliphatic heterocycles. The van der Waals surface area contributed by atoms with Crippen molar-refractivity contribution in [3.8, 4) is 11.8 Å². The number of benzene rings is 2. The maximum Gasteiger partial charge on any atom is 0.115 e. The van der Waals surface area contributed by atoms with Gasteiger partial charge in [-0.15, -0.1) is 0 Å². The van der Waals surface area contributed by atoms with E-state index in [1.165, 1.54) is 0 Å². The lowest BCUT2D eigenvalue weighted by Crippen LogP contribution is -2.11. The van der Waals surface area contributed by atoms with Gasteiger partial charge in [0, 0.05) is 0 Å². The lowest BCUT2D eigenvalue weighted by atomic mass is 10.0. The maximum absolute atomic E-state index is 9.36. The van der Waals surface area contributed by atoms with Gasteiger partial charge >= 0.3 is 0 Å². The van der Waals surface area contributed by atoms with E-state index in [4.69, 9.17) is 0 Å². The summed E-state index contributed by atoms with van der Waals surface area (Å²) in [5.74, 6) is 0.261. The molecule has 0 bridgehead atoms. The third kappa shape index (κ3) is 2.92. The number of anilines is 1. The molecule has 2 N–H and O–H groups in total. The molecule has 0 spiro atoms. The van der Waals surface area contributed by atoms with Gasteiger partial charge in [-0.1, -0.05) is 31.2 Å². The standard InChI is InChI=1S/C17H18N2O/c1-3-16(13-7-9-14(20)10-8-13)19-17-6-4-5-12(2)15(17)11-18/h4-10,16,19-20H,3H2,1-2H3. The Morgan fingerprint density at radius 2 is 1.90 bits per heavy atom. The Kier molecular flexibility index (Phi) is 4.27. The highest BCUT2D eigenvalue weighted by molar-refractivity contribution is 5.61. The van der Waals surface area contributed by atoms with Crippen LogP contribution in [0.15, 0.2) is 42.5 Å². The molecule has 0 amide bonds. The van der Waals surface area contributed by atoms with Gasteiger partial charge < -0.3 is 10.4 Å². The Balaban J connectivity index is 2.30. The molecule has 0 saturated heterocycles. The first-order valence-electron chi connectivity index (χ1n) is 6.71. The highest BCUT2D eigenvalue weighted by Crippen LogP contribution is 2.27. The number of nitrogens with zero attached hydrogens (tertiary/aromatic N) is 1. The summed E-state index contributed by atoms with van der Waals surface area (Å²) in [5.41, 5.74) is 3.60. The largest absolute Gasteiger partial charge is 0.508 e. The molecular weight excluding hydrogens is 248 g/mol. The van der Waals surface area contributed by atoms with E-state index >= 15 is 0 Å². The van der Waals surface area contributed by atoms with Crippen LogP contribution in [-0.2, 0) is 0 Å². The van der Waals surface area contributed by atoms with Crippen LogP contribution in [0.3, 0.4) is 0 Å². The third-order valence-corrected chi connectivity index (χ3v) is 3.42. The molecular formula is C17H18N2O. The fourth-order valence-electron chi connectivity index (χ4n) is 2.25. The molecule has 0 heterocycles. The summed E-state index contributed by atoms with van der Waals surface area (Å²) in [5, 5.41) is 22.0. The Labute approximate surface area is 119 Å². The molecule has 3 nitrogen and oxygen atoms in total. The summed E-state index contributed by atoms with van der Waals surface area (Å²) < 4.78 is 0. The van der Waals surface area contributed by atoms with E-state index in [9.17, 15) is 10.4 Å². The summed E-state index contributed by atoms with van der Waals surface area (Å²) >= 11 is 0. The number of rotatable bonds is 4. The molecule has 2 rings (SSSR count). The van der Waals surface area contributed by atoms with Crippen LogP contribution in [0.5, 0.6) is 5.75 Å². The van der Waals surface area contributed by atoms with Crippen molar-refractivity contribution in [2.75, 3.05) is 5.32 Å². The first kappa shape index (κ1) is 14.0. The van der Waals surface area contributed by atoms with Gasteiger partial charge in [0.15, 0.2) is 0 Å². The van der Waals surface area contributed by atoms with Crippen molar-refractivity contribution >= 4 is 5.69 Å². The minimum atomic E-state index is 0.115. The quantitative estimate of drug-likeness (QED) is 0.874. The van der Waals surface area contributed by atoms with E-state index in [1.54, 1.807) is 12.1 Å². The molecule has 0 radical (unpaired) electrons. The van der Waals surface area contributed by atoms with Crippen molar-refractivity contribution in [2.45, 2.75) is 26.3 Å². The fraction of sp³-hybridized carbons (Fsp3) is 0.235. The SMILES string of the molecule is CCC(Nc1cccc(C)c1C#N)c1ccc(O)cc1. The molecule has 1 atom stereocenters. The normalized spacial score (nSPS) is 11.7. The average Bonchev–Trinajstić information content (AvgIpc) is 2.46. The second kappa shape index (κ2) is 6.12. The minimum Gasteiger partial charge on any atom is -0.508 e. The van der Waals surface area contributed by atoms with Gasteiger partial charge in [-0.25, -0.2) is 0 Å². The zero-order chi connectivity index (χ0) is 14.5. The first-order valence-corrected chi connectivity index (χ1v) is 6.71. The number of hydrogen-bond acceptors (Lipinski definition) is 3. The second-order valence-electron chi connectivity index (χ2n) is 4.81. The predicted octanol–water partition coefficient (Wildman–Crippen LogP) is 4.14. The van der Waals surface area contributed by atoms with Crippen molar-refractivity contribution in [1.82, 2.24) is 0 Å². The second-order valence-corrected chi connectivity index (χ2v) is 4.81. The van der Waals surface area contributed by atoms with E-state index in [0.29, 0.717) is 5.56 Å². The Hall–Kier alpha value is -2.47. The van der Waals surface area contributed by atoms with E-state index < -0.39 is 0 Å². The van der Waals surface area contributed by atoms with Gasteiger partial charge in [0.25, 0.3) is 0 Å². The lowest BCUT2D eigenvalue weighted by molar-refractivity contribution is 0.475. The van der Waals surface area contributed by atoms with E-state index in [0.717, 1.165) is 23.2 Å². The van der Waals surface area contributed by atoms with Crippen LogP contribution < -0.4 is 5.32 Å². The minimum absolute atomic E-state index is 0.115. The zero-order valence-electron chi connectivity index (χ0n) is 11.7. The van der Waals surface area contributed by atoms with Gasteiger partial charge in [0.2, 0.25) is 0 Å². The number of hydrogen-bond donors (Lipinski definition) is 2. The molecule has 0 aliphatic carbocycles. The smallest absolute Gasteiger partial charge is 0.115 e. The summed E-state index contributed by atoms with van der Waals surface area (Å²) in [6, 6.07) is 15.3. The average molecular weight is 266 g/mol. The van der Waals surface area contributed by atoms with Crippen LogP contribution in [0.4, 0.5) is 5.69 Å². The molecule has 20 heavy (non-hydrogen) atoms. The molecule has 3 heteroatoms. The molecule has 2 aromatic rings. The van der Waals surface area contributed by atoms with Crippen LogP contribution in [-0.4, -0.2) is 5.11 Å². The maximum atomic E-state index is 9.36. The van der Waals surface area contributed by atoms with E-state index in [-0.39, 0.29) is 11.8 Å². The van der Waals surface area contributed by atoms with Crippen LogP contribution >= 0.6 is 0 Å². The van der Waals surface area contributed by atoms with Crippen molar-refractivity contribution in [2.24, 2.45) is 0 Å². The van der Waals surface area contributed by atoms with E-state index in [1.807, 2.05) is 37.3 Å². The van der Waals surface area contributed by atoms with Crippen LogP contribution in [0.2, 0.25) is 0 Å². The van der Waals surface area contributed by atoms with Crippen LogP contribution in [0.1, 0.15) is 36.1 Å². The van der Waals surface area contributed by atoms with Crippen molar-refractivity contribution in [1.29, 1.82) is 5.26 Å². The number of nitrogens with one attached hydrogen (secondary N) is 1. The highest BCUT2D eigenvalue weighted by atomic mass is 16.3. The van der Waals surface area contributed by atoms with Crippen molar-refractivity contribution < 1.29 is 5.11 Å². The summed E-state index contributed by atoms with van der Waals surface area (Å²) in [4.78, 5) is 0. The van der Waals surface area contributed by atoms with Gasteiger partial charge in [-0.2, -0.15) is 5.26 Å². The molecule has 0 fully saturated rings. The number of aryl methyl sites for hydroxylation is 1. The monoisotopic (exact) mass is 266 g/mol. The number of aromatic hydroxyl groups is 1. The molecule has 0 aliphatic rings. The van der Waals surface area contributed by atoms with Crippen molar-refractivity contribution in [3.63, 3.8) is 0 Å². The molecule has 1 unspecified atom stereocenters. The Morgan fingerprint density at radius 1 is 1.20 bits per heavy atom. The Bertz CT molecular complexity index is 626. The fourth-order valence-corrected chi connectivity index (χ4v) is 2.25. The van der Waals surface area contributed by atoms with Crippen molar-refractivity contribution in [3.05, 3.63) is 59.2 Å². The van der Waals surface area contributed by atoms with Gasteiger partial charge in [-0.3, -0.25) is 0 Å². The number of nitriles is 1. The summed E-state index contributed by atoms with van der Waals surface area (Å²) in [7, 11) is 0. The highest BCUT2D eigenvalue weighted by Gasteiger charge is 2.12. The van der Waals surface area contributed by atoms with Crippen LogP contribution in [0.25, 0.3) is 0 Å². The lowest BCUT2D eigenvalue weighted by Gasteiger charge is -2.20. The summed E-state index contributed by atoms with van der Waals surface area (Å²) in [6.07, 6.45) is 0.892. The summed E-state index contributed by atoms with van der Waals surface area (Å²) in [6.45, 7) is 4.03. The topological polar surface area (TPSA) is 56.0 Å². The molecule has 0 aromatic heterocycles. The molecule has 2 aromatic carbocycles. The number of phenolic OH excluding ortho intramolecular Hbond substituents is 1. The van der Waals surface area contributed by atoms with Crippen LogP contribution in [0, 0.1) is 18.3 Å². The molecule has 0 saturated carbocycles. The van der Waals surface area contributed by atoms with E-state index in [2.05, 4.69) is 18.3 Å². The third-order valence-electron chi connectivity index (χ3n) is 3.42. The Morgan fingerprint density at radius 3 is 2.50 bits per heavy atom. The van der Waals surface area contributed by atoms with Gasteiger partial charge in [0.05, 0.1) is 17.3 Å². The van der Waals surface area contributed by atoms with Gasteiger partial charge in [0.1, 0.15) is 11.8 Å². The zero-order valence-corrected chi connectivity index (χ0v) is 11.7. The first-order chi connectivity index (χ1) is 9.65. The van der Waals surface area contributed by atoms with Gasteiger partial charge in [-0.05, 0) is 42.7 Å².